The number of amides is 1. The predicted molar refractivity (Wildman–Crippen MR) is 83.4 cm³/mol. The normalized spacial score (nSPS) is 22.8. The summed E-state index contributed by atoms with van der Waals surface area (Å²) in [6.07, 6.45) is 0.226. The zero-order valence-corrected chi connectivity index (χ0v) is 13.4. The lowest BCUT2D eigenvalue weighted by Gasteiger charge is -2.34. The van der Waals surface area contributed by atoms with Crippen LogP contribution < -0.4 is 5.32 Å². The predicted octanol–water partition coefficient (Wildman–Crippen LogP) is 3.05. The summed E-state index contributed by atoms with van der Waals surface area (Å²) in [4.78, 5) is 14.6. The monoisotopic (exact) mass is 330 g/mol. The molecule has 0 spiro atoms. The smallest absolute Gasteiger partial charge is 0.288 e. The lowest BCUT2D eigenvalue weighted by molar-refractivity contribution is -0.121. The number of halogens is 2. The molecule has 1 aliphatic heterocycles. The maximum absolute atomic E-state index is 12.2. The molecule has 7 heteroatoms. The number of ether oxygens (including phenoxy) is 1. The maximum atomic E-state index is 12.2. The molecule has 2 atom stereocenters. The number of hydrogen-bond donors (Lipinski definition) is 1. The summed E-state index contributed by atoms with van der Waals surface area (Å²) in [6, 6.07) is 6.41. The van der Waals surface area contributed by atoms with Crippen LogP contribution in [0.4, 0.5) is 14.5 Å². The first kappa shape index (κ1) is 17.2. The van der Waals surface area contributed by atoms with Crippen LogP contribution in [0.25, 0.3) is 0 Å². The minimum Gasteiger partial charge on any atom is -0.373 e. The number of anilines is 1. The fourth-order valence-corrected chi connectivity index (χ4v) is 3.04. The Morgan fingerprint density at radius 2 is 1.91 bits per heavy atom. The van der Waals surface area contributed by atoms with Crippen LogP contribution in [0.1, 0.15) is 13.8 Å². The molecule has 22 heavy (non-hydrogen) atoms. The van der Waals surface area contributed by atoms with Gasteiger partial charge in [0, 0.05) is 23.7 Å². The second-order valence-corrected chi connectivity index (χ2v) is 6.47. The largest absolute Gasteiger partial charge is 0.373 e. The van der Waals surface area contributed by atoms with Gasteiger partial charge in [0.15, 0.2) is 0 Å². The topological polar surface area (TPSA) is 41.6 Å². The highest BCUT2D eigenvalue weighted by atomic mass is 32.2. The van der Waals surface area contributed by atoms with E-state index in [0.717, 1.165) is 13.1 Å². The Kier molecular flexibility index (Phi) is 6.16. The van der Waals surface area contributed by atoms with Gasteiger partial charge in [0.1, 0.15) is 0 Å². The molecule has 2 rings (SSSR count). The van der Waals surface area contributed by atoms with Crippen LogP contribution in [0.15, 0.2) is 29.2 Å². The molecule has 1 saturated heterocycles. The minimum absolute atomic E-state index is 0.113. The molecule has 0 aromatic heterocycles. The molecule has 122 valence electrons. The van der Waals surface area contributed by atoms with E-state index in [1.165, 1.54) is 0 Å². The van der Waals surface area contributed by atoms with Crippen molar-refractivity contribution in [3.63, 3.8) is 0 Å². The van der Waals surface area contributed by atoms with Gasteiger partial charge >= 0.3 is 0 Å². The molecule has 1 heterocycles. The van der Waals surface area contributed by atoms with E-state index in [4.69, 9.17) is 4.74 Å². The van der Waals surface area contributed by atoms with Gasteiger partial charge in [0.05, 0.1) is 18.8 Å². The van der Waals surface area contributed by atoms with Gasteiger partial charge in [-0.25, -0.2) is 0 Å². The van der Waals surface area contributed by atoms with Crippen molar-refractivity contribution in [1.29, 1.82) is 0 Å². The molecular weight excluding hydrogens is 310 g/mol. The van der Waals surface area contributed by atoms with E-state index >= 15 is 0 Å². The Morgan fingerprint density at radius 3 is 2.45 bits per heavy atom. The summed E-state index contributed by atoms with van der Waals surface area (Å²) in [5.74, 6) is -2.55. The van der Waals surface area contributed by atoms with Crippen LogP contribution >= 0.6 is 11.8 Å². The van der Waals surface area contributed by atoms with Crippen LogP contribution in [0.3, 0.4) is 0 Å². The number of benzene rings is 1. The summed E-state index contributed by atoms with van der Waals surface area (Å²) in [7, 11) is 0. The van der Waals surface area contributed by atoms with Crippen LogP contribution in [0, 0.1) is 0 Å². The quantitative estimate of drug-likeness (QED) is 0.843. The van der Waals surface area contributed by atoms with Crippen LogP contribution in [-0.4, -0.2) is 48.4 Å². The molecule has 1 aliphatic rings. The van der Waals surface area contributed by atoms with E-state index in [1.54, 1.807) is 24.3 Å². The van der Waals surface area contributed by atoms with E-state index in [0.29, 0.717) is 28.9 Å². The lowest BCUT2D eigenvalue weighted by atomic mass is 10.2. The molecular formula is C15H20F2N2O2S. The maximum Gasteiger partial charge on any atom is 0.288 e. The van der Waals surface area contributed by atoms with Gasteiger partial charge in [-0.3, -0.25) is 9.69 Å². The van der Waals surface area contributed by atoms with Gasteiger partial charge in [-0.1, -0.05) is 11.8 Å². The molecule has 0 radical (unpaired) electrons. The SMILES string of the molecule is CC1CN(CC(=O)Nc2ccc(SC(F)F)cc2)CC(C)O1. The molecule has 4 nitrogen and oxygen atoms in total. The van der Waals surface area contributed by atoms with Crippen LogP contribution in [0.2, 0.25) is 0 Å². The van der Waals surface area contributed by atoms with Crippen molar-refractivity contribution in [2.45, 2.75) is 36.7 Å². The highest BCUT2D eigenvalue weighted by Crippen LogP contribution is 2.26. The van der Waals surface area contributed by atoms with E-state index < -0.39 is 5.76 Å². The first-order chi connectivity index (χ1) is 10.4. The average molecular weight is 330 g/mol. The molecule has 0 saturated carbocycles. The third-order valence-electron chi connectivity index (χ3n) is 3.23. The second kappa shape index (κ2) is 7.89. The van der Waals surface area contributed by atoms with E-state index in [-0.39, 0.29) is 18.1 Å². The Labute approximate surface area is 133 Å². The van der Waals surface area contributed by atoms with Crippen LogP contribution in [-0.2, 0) is 9.53 Å². The van der Waals surface area contributed by atoms with Gasteiger partial charge < -0.3 is 10.1 Å². The number of rotatable bonds is 5. The van der Waals surface area contributed by atoms with Crippen molar-refractivity contribution in [1.82, 2.24) is 4.90 Å². The number of nitrogens with one attached hydrogen (secondary N) is 1. The average Bonchev–Trinajstić information content (AvgIpc) is 2.39. The summed E-state index contributed by atoms with van der Waals surface area (Å²) >= 11 is 0.487. The number of carbonyl (C=O) groups excluding carboxylic acids is 1. The van der Waals surface area contributed by atoms with Gasteiger partial charge in [-0.2, -0.15) is 8.78 Å². The number of thioether (sulfide) groups is 1. The molecule has 0 aliphatic carbocycles. The zero-order chi connectivity index (χ0) is 16.1. The van der Waals surface area contributed by atoms with Gasteiger partial charge in [0.25, 0.3) is 5.76 Å². The van der Waals surface area contributed by atoms with Gasteiger partial charge in [-0.15, -0.1) is 0 Å². The summed E-state index contributed by atoms with van der Waals surface area (Å²) in [6.45, 7) is 5.72. The number of alkyl halides is 2. The first-order valence-electron chi connectivity index (χ1n) is 7.15. The van der Waals surface area contributed by atoms with Crippen molar-refractivity contribution in [2.75, 3.05) is 25.0 Å². The highest BCUT2D eigenvalue weighted by Gasteiger charge is 2.23. The first-order valence-corrected chi connectivity index (χ1v) is 8.03. The number of hydrogen-bond acceptors (Lipinski definition) is 4. The van der Waals surface area contributed by atoms with E-state index in [9.17, 15) is 13.6 Å². The molecule has 1 aromatic carbocycles. The van der Waals surface area contributed by atoms with Crippen molar-refractivity contribution in [3.05, 3.63) is 24.3 Å². The zero-order valence-electron chi connectivity index (χ0n) is 12.6. The molecule has 1 aromatic rings. The standard InChI is InChI=1S/C15H20F2N2O2S/c1-10-7-19(8-11(2)21-10)9-14(20)18-12-3-5-13(6-4-12)22-15(16)17/h3-6,10-11,15H,7-9H2,1-2H3,(H,18,20). The molecule has 2 unspecified atom stereocenters. The molecule has 1 N–H and O–H groups in total. The fourth-order valence-electron chi connectivity index (χ4n) is 2.54. The van der Waals surface area contributed by atoms with Gasteiger partial charge in [0.2, 0.25) is 5.91 Å². The Balaban J connectivity index is 1.84. The Bertz CT molecular complexity index is 489. The summed E-state index contributed by atoms with van der Waals surface area (Å²) < 4.78 is 30.1. The Morgan fingerprint density at radius 1 is 1.32 bits per heavy atom. The van der Waals surface area contributed by atoms with Crippen molar-refractivity contribution < 1.29 is 18.3 Å². The van der Waals surface area contributed by atoms with Crippen molar-refractivity contribution in [3.8, 4) is 0 Å². The number of morpholine rings is 1. The van der Waals surface area contributed by atoms with Gasteiger partial charge in [-0.05, 0) is 38.1 Å². The Hall–Kier alpha value is -1.18. The van der Waals surface area contributed by atoms with Crippen molar-refractivity contribution >= 4 is 23.4 Å². The van der Waals surface area contributed by atoms with E-state index in [2.05, 4.69) is 10.2 Å². The third-order valence-corrected chi connectivity index (χ3v) is 3.95. The number of carbonyl (C=O) groups is 1. The molecule has 1 fully saturated rings. The molecule has 1 amide bonds. The summed E-state index contributed by atoms with van der Waals surface area (Å²) in [5.41, 5.74) is 0.609. The second-order valence-electron chi connectivity index (χ2n) is 5.40. The fraction of sp³-hybridized carbons (Fsp3) is 0.533. The summed E-state index contributed by atoms with van der Waals surface area (Å²) in [5, 5.41) is 2.78. The lowest BCUT2D eigenvalue weighted by Crippen LogP contribution is -2.48. The number of nitrogens with zero attached hydrogens (tertiary/aromatic N) is 1. The molecule has 0 bridgehead atoms. The third kappa shape index (κ3) is 5.55. The van der Waals surface area contributed by atoms with Crippen molar-refractivity contribution in [2.24, 2.45) is 0 Å². The highest BCUT2D eigenvalue weighted by molar-refractivity contribution is 7.99. The minimum atomic E-state index is -2.44. The van der Waals surface area contributed by atoms with E-state index in [1.807, 2.05) is 13.8 Å². The van der Waals surface area contributed by atoms with Crippen LogP contribution in [0.5, 0.6) is 0 Å².